The van der Waals surface area contributed by atoms with Gasteiger partial charge in [-0.25, -0.2) is 10.0 Å². The van der Waals surface area contributed by atoms with E-state index in [0.717, 1.165) is 11.1 Å². The Balaban J connectivity index is 2.90. The number of halogens is 3. The summed E-state index contributed by atoms with van der Waals surface area (Å²) in [5, 5.41) is 0.833. The van der Waals surface area contributed by atoms with Gasteiger partial charge in [-0.3, -0.25) is 9.63 Å². The smallest absolute Gasteiger partial charge is 0.388 e. The monoisotopic (exact) mass is 250 g/mol. The van der Waals surface area contributed by atoms with Crippen molar-refractivity contribution in [1.82, 2.24) is 10.0 Å². The van der Waals surface area contributed by atoms with Gasteiger partial charge in [0.1, 0.15) is 5.69 Å². The molecule has 0 fully saturated rings. The minimum atomic E-state index is -4.85. The number of rotatable bonds is 3. The van der Waals surface area contributed by atoms with Crippen LogP contribution >= 0.6 is 0 Å². The second kappa shape index (κ2) is 5.00. The molecule has 0 aliphatic carbocycles. The molecule has 0 aliphatic heterocycles. The summed E-state index contributed by atoms with van der Waals surface area (Å²) < 4.78 is 39.3. The molecule has 1 rings (SSSR count). The molecular formula is C9H9F3N2O3. The van der Waals surface area contributed by atoms with Crippen molar-refractivity contribution in [3.05, 3.63) is 23.9 Å². The molecule has 1 aromatic heterocycles. The van der Waals surface area contributed by atoms with Gasteiger partial charge >= 0.3 is 6.36 Å². The average Bonchev–Trinajstić information content (AvgIpc) is 2.25. The van der Waals surface area contributed by atoms with E-state index >= 15 is 0 Å². The summed E-state index contributed by atoms with van der Waals surface area (Å²) in [5.74, 6) is -1.38. The highest BCUT2D eigenvalue weighted by molar-refractivity contribution is 5.91. The molecule has 0 radical (unpaired) electrons. The number of carbonyl (C=O) groups is 1. The number of hydroxylamine groups is 2. The molecule has 0 aromatic carbocycles. The van der Waals surface area contributed by atoms with Crippen molar-refractivity contribution in [2.24, 2.45) is 0 Å². The van der Waals surface area contributed by atoms with Crippen LogP contribution in [0.4, 0.5) is 13.2 Å². The van der Waals surface area contributed by atoms with Crippen molar-refractivity contribution >= 4 is 5.91 Å². The van der Waals surface area contributed by atoms with Gasteiger partial charge in [0, 0.05) is 13.1 Å². The lowest BCUT2D eigenvalue weighted by Gasteiger charge is -2.13. The molecule has 0 atom stereocenters. The van der Waals surface area contributed by atoms with Crippen LogP contribution in [0.15, 0.2) is 18.2 Å². The van der Waals surface area contributed by atoms with Gasteiger partial charge in [-0.15, -0.1) is 13.2 Å². The summed E-state index contributed by atoms with van der Waals surface area (Å²) in [6.07, 6.45) is -4.85. The second-order valence-electron chi connectivity index (χ2n) is 2.89. The first-order valence-electron chi connectivity index (χ1n) is 4.38. The quantitative estimate of drug-likeness (QED) is 0.765. The molecular weight excluding hydrogens is 241 g/mol. The fraction of sp³-hybridized carbons (Fsp3) is 0.333. The van der Waals surface area contributed by atoms with Gasteiger partial charge in [0.25, 0.3) is 5.91 Å². The van der Waals surface area contributed by atoms with E-state index in [-0.39, 0.29) is 5.69 Å². The predicted molar refractivity (Wildman–Crippen MR) is 50.0 cm³/mol. The predicted octanol–water partition coefficient (Wildman–Crippen LogP) is 1.61. The maximum absolute atomic E-state index is 11.9. The van der Waals surface area contributed by atoms with E-state index in [2.05, 4.69) is 14.6 Å². The highest BCUT2D eigenvalue weighted by atomic mass is 19.4. The zero-order chi connectivity index (χ0) is 13.1. The Kier molecular flexibility index (Phi) is 3.89. The van der Waals surface area contributed by atoms with Crippen molar-refractivity contribution in [3.8, 4) is 5.88 Å². The molecule has 0 spiro atoms. The molecule has 0 saturated heterocycles. The number of amides is 1. The fourth-order valence-corrected chi connectivity index (χ4v) is 0.954. The Labute approximate surface area is 94.7 Å². The Bertz CT molecular complexity index is 409. The third kappa shape index (κ3) is 3.91. The van der Waals surface area contributed by atoms with Crippen molar-refractivity contribution in [1.29, 1.82) is 0 Å². The lowest BCUT2D eigenvalue weighted by Crippen LogP contribution is -2.26. The van der Waals surface area contributed by atoms with Crippen LogP contribution in [0.1, 0.15) is 10.5 Å². The zero-order valence-electron chi connectivity index (χ0n) is 8.99. The molecule has 1 heterocycles. The summed E-state index contributed by atoms with van der Waals surface area (Å²) in [5.41, 5.74) is -0.212. The molecule has 8 heteroatoms. The van der Waals surface area contributed by atoms with E-state index in [1.165, 1.54) is 26.3 Å². The number of nitrogens with zero attached hydrogens (tertiary/aromatic N) is 2. The third-order valence-corrected chi connectivity index (χ3v) is 1.72. The average molecular weight is 250 g/mol. The van der Waals surface area contributed by atoms with Crippen LogP contribution in [-0.4, -0.2) is 36.5 Å². The topological polar surface area (TPSA) is 51.7 Å². The Morgan fingerprint density at radius 2 is 2.06 bits per heavy atom. The summed E-state index contributed by atoms with van der Waals surface area (Å²) in [6, 6.07) is 3.48. The van der Waals surface area contributed by atoms with Gasteiger partial charge in [0.05, 0.1) is 7.11 Å². The van der Waals surface area contributed by atoms with Crippen molar-refractivity contribution < 1.29 is 27.5 Å². The number of alkyl halides is 3. The molecule has 0 aliphatic rings. The normalized spacial score (nSPS) is 11.1. The number of carbonyl (C=O) groups excluding carboxylic acids is 1. The Morgan fingerprint density at radius 3 is 2.59 bits per heavy atom. The molecule has 0 saturated carbocycles. The highest BCUT2D eigenvalue weighted by Crippen LogP contribution is 2.20. The lowest BCUT2D eigenvalue weighted by atomic mass is 10.3. The zero-order valence-corrected chi connectivity index (χ0v) is 8.99. The molecule has 1 aromatic rings. The Morgan fingerprint density at radius 1 is 1.41 bits per heavy atom. The standard InChI is InChI=1S/C9H9F3N2O3/c1-14(16-2)8(15)6-4-3-5-7(13-6)17-9(10,11)12/h3-5H,1-2H3. The van der Waals surface area contributed by atoms with Crippen LogP contribution in [-0.2, 0) is 4.84 Å². The molecule has 17 heavy (non-hydrogen) atoms. The first kappa shape index (κ1) is 13.2. The van der Waals surface area contributed by atoms with Crippen LogP contribution in [0.3, 0.4) is 0 Å². The third-order valence-electron chi connectivity index (χ3n) is 1.72. The Hall–Kier alpha value is -1.83. The van der Waals surface area contributed by atoms with E-state index in [1.54, 1.807) is 0 Å². The molecule has 0 unspecified atom stereocenters. The maximum atomic E-state index is 11.9. The van der Waals surface area contributed by atoms with Crippen molar-refractivity contribution in [3.63, 3.8) is 0 Å². The number of ether oxygens (including phenoxy) is 1. The molecule has 5 nitrogen and oxygen atoms in total. The molecule has 0 bridgehead atoms. The van der Waals surface area contributed by atoms with E-state index < -0.39 is 18.1 Å². The molecule has 0 N–H and O–H groups in total. The highest BCUT2D eigenvalue weighted by Gasteiger charge is 2.32. The number of hydrogen-bond acceptors (Lipinski definition) is 4. The summed E-state index contributed by atoms with van der Waals surface area (Å²) in [7, 11) is 2.55. The first-order valence-corrected chi connectivity index (χ1v) is 4.38. The first-order chi connectivity index (χ1) is 7.83. The summed E-state index contributed by atoms with van der Waals surface area (Å²) in [4.78, 5) is 19.5. The molecule has 94 valence electrons. The minimum Gasteiger partial charge on any atom is -0.388 e. The summed E-state index contributed by atoms with van der Waals surface area (Å²) in [6.45, 7) is 0. The van der Waals surface area contributed by atoms with Crippen molar-refractivity contribution in [2.75, 3.05) is 14.2 Å². The van der Waals surface area contributed by atoms with Crippen LogP contribution in [0, 0.1) is 0 Å². The van der Waals surface area contributed by atoms with Gasteiger partial charge in [-0.2, -0.15) is 0 Å². The summed E-state index contributed by atoms with van der Waals surface area (Å²) >= 11 is 0. The largest absolute Gasteiger partial charge is 0.574 e. The van der Waals surface area contributed by atoms with Crippen LogP contribution in [0.5, 0.6) is 5.88 Å². The van der Waals surface area contributed by atoms with Gasteiger partial charge in [0.15, 0.2) is 0 Å². The van der Waals surface area contributed by atoms with E-state index in [0.29, 0.717) is 0 Å². The van der Waals surface area contributed by atoms with E-state index in [4.69, 9.17) is 0 Å². The number of aromatic nitrogens is 1. The number of pyridine rings is 1. The van der Waals surface area contributed by atoms with Gasteiger partial charge in [-0.1, -0.05) is 6.07 Å². The fourth-order valence-electron chi connectivity index (χ4n) is 0.954. The minimum absolute atomic E-state index is 0.212. The van der Waals surface area contributed by atoms with Gasteiger partial charge < -0.3 is 4.74 Å². The van der Waals surface area contributed by atoms with E-state index in [9.17, 15) is 18.0 Å². The van der Waals surface area contributed by atoms with Crippen LogP contribution in [0.25, 0.3) is 0 Å². The van der Waals surface area contributed by atoms with Crippen LogP contribution in [0.2, 0.25) is 0 Å². The molecule has 1 amide bonds. The van der Waals surface area contributed by atoms with Gasteiger partial charge in [0.2, 0.25) is 5.88 Å². The number of hydrogen-bond donors (Lipinski definition) is 0. The van der Waals surface area contributed by atoms with Crippen LogP contribution < -0.4 is 4.74 Å². The maximum Gasteiger partial charge on any atom is 0.574 e. The SMILES string of the molecule is CON(C)C(=O)c1cccc(OC(F)(F)F)n1. The van der Waals surface area contributed by atoms with Gasteiger partial charge in [-0.05, 0) is 6.07 Å². The lowest BCUT2D eigenvalue weighted by molar-refractivity contribution is -0.276. The second-order valence-corrected chi connectivity index (χ2v) is 2.89. The van der Waals surface area contributed by atoms with E-state index in [1.807, 2.05) is 0 Å². The van der Waals surface area contributed by atoms with Crippen molar-refractivity contribution in [2.45, 2.75) is 6.36 Å².